The highest BCUT2D eigenvalue weighted by Gasteiger charge is 2.27. The van der Waals surface area contributed by atoms with Gasteiger partial charge in [0.25, 0.3) is 5.91 Å². The van der Waals surface area contributed by atoms with Crippen LogP contribution in [0.2, 0.25) is 0 Å². The summed E-state index contributed by atoms with van der Waals surface area (Å²) in [5.74, 6) is -0.978. The van der Waals surface area contributed by atoms with Gasteiger partial charge in [-0.25, -0.2) is 0 Å². The minimum atomic E-state index is -4.43. The second-order valence-corrected chi connectivity index (χ2v) is 6.68. The summed E-state index contributed by atoms with van der Waals surface area (Å²) in [6, 6.07) is 8.03. The minimum Gasteiger partial charge on any atom is -0.347 e. The number of rotatable bonds is 5. The number of carbonyl (C=O) groups is 2. The molecule has 2 aromatic rings. The molecule has 9 heteroatoms. The van der Waals surface area contributed by atoms with Crippen molar-refractivity contribution >= 4 is 44.8 Å². The van der Waals surface area contributed by atoms with Crippen LogP contribution in [0.1, 0.15) is 15.2 Å². The predicted octanol–water partition coefficient (Wildman–Crippen LogP) is 3.98. The van der Waals surface area contributed by atoms with Crippen molar-refractivity contribution in [3.05, 3.63) is 50.6 Å². The lowest BCUT2D eigenvalue weighted by molar-refractivity contribution is -0.138. The van der Waals surface area contributed by atoms with Crippen molar-refractivity contribution in [3.63, 3.8) is 0 Å². The molecule has 128 valence electrons. The lowest BCUT2D eigenvalue weighted by atomic mass is 10.1. The first-order valence-electron chi connectivity index (χ1n) is 6.71. The first kappa shape index (κ1) is 18.5. The molecule has 24 heavy (non-hydrogen) atoms. The molecule has 0 radical (unpaired) electrons. The normalized spacial score (nSPS) is 11.2. The Labute approximate surface area is 148 Å². The van der Waals surface area contributed by atoms with Gasteiger partial charge in [0, 0.05) is 15.5 Å². The van der Waals surface area contributed by atoms with E-state index in [0.717, 1.165) is 4.47 Å². The van der Waals surface area contributed by atoms with E-state index >= 15 is 0 Å². The maximum Gasteiger partial charge on any atom is 0.405 e. The number of amides is 2. The Morgan fingerprint density at radius 3 is 2.38 bits per heavy atom. The van der Waals surface area contributed by atoms with Crippen LogP contribution in [0.4, 0.5) is 18.9 Å². The monoisotopic (exact) mass is 420 g/mol. The molecule has 1 aromatic heterocycles. The average molecular weight is 421 g/mol. The summed E-state index contributed by atoms with van der Waals surface area (Å²) in [6.07, 6.45) is -4.59. The van der Waals surface area contributed by atoms with E-state index in [0.29, 0.717) is 16.1 Å². The quantitative estimate of drug-likeness (QED) is 0.768. The Morgan fingerprint density at radius 2 is 1.83 bits per heavy atom. The molecule has 4 nitrogen and oxygen atoms in total. The highest BCUT2D eigenvalue weighted by molar-refractivity contribution is 9.10. The van der Waals surface area contributed by atoms with Crippen LogP contribution >= 0.6 is 27.3 Å². The molecule has 0 fully saturated rings. The molecule has 0 atom stereocenters. The topological polar surface area (TPSA) is 58.2 Å². The Hall–Kier alpha value is -1.87. The van der Waals surface area contributed by atoms with E-state index in [1.165, 1.54) is 11.3 Å². The zero-order chi connectivity index (χ0) is 17.7. The first-order chi connectivity index (χ1) is 11.2. The van der Waals surface area contributed by atoms with Gasteiger partial charge < -0.3 is 10.6 Å². The van der Waals surface area contributed by atoms with Crippen LogP contribution in [0.15, 0.2) is 40.2 Å². The van der Waals surface area contributed by atoms with Gasteiger partial charge in [-0.05, 0) is 39.7 Å². The molecule has 0 bridgehead atoms. The zero-order valence-electron chi connectivity index (χ0n) is 12.1. The molecule has 0 spiro atoms. The highest BCUT2D eigenvalue weighted by Crippen LogP contribution is 2.21. The molecule has 2 N–H and O–H groups in total. The highest BCUT2D eigenvalue weighted by atomic mass is 79.9. The third-order valence-corrected chi connectivity index (χ3v) is 4.54. The van der Waals surface area contributed by atoms with Gasteiger partial charge in [0.15, 0.2) is 0 Å². The summed E-state index contributed by atoms with van der Waals surface area (Å²) in [5, 5.41) is 6.29. The van der Waals surface area contributed by atoms with Gasteiger partial charge in [0.05, 0.1) is 11.3 Å². The Balaban J connectivity index is 1.88. The molecular formula is C15H12BrF3N2O2S. The van der Waals surface area contributed by atoms with Gasteiger partial charge in [-0.2, -0.15) is 13.2 Å². The van der Waals surface area contributed by atoms with Gasteiger partial charge in [0.2, 0.25) is 5.91 Å². The van der Waals surface area contributed by atoms with Crippen LogP contribution in [0.5, 0.6) is 0 Å². The fourth-order valence-electron chi connectivity index (χ4n) is 1.78. The van der Waals surface area contributed by atoms with Gasteiger partial charge in [-0.15, -0.1) is 11.3 Å². The lowest BCUT2D eigenvalue weighted by Gasteiger charge is -2.09. The number of carbonyl (C=O) groups excluding carboxylic acids is 2. The molecule has 0 saturated carbocycles. The van der Waals surface area contributed by atoms with Gasteiger partial charge in [-0.1, -0.05) is 12.1 Å². The second kappa shape index (κ2) is 7.80. The van der Waals surface area contributed by atoms with Crippen molar-refractivity contribution in [1.82, 2.24) is 5.32 Å². The fourth-order valence-corrected chi connectivity index (χ4v) is 3.10. The van der Waals surface area contributed by atoms with Crippen LogP contribution in [-0.2, 0) is 11.2 Å². The van der Waals surface area contributed by atoms with E-state index < -0.39 is 18.6 Å². The molecular weight excluding hydrogens is 409 g/mol. The summed E-state index contributed by atoms with van der Waals surface area (Å²) < 4.78 is 36.9. The van der Waals surface area contributed by atoms with Crippen LogP contribution in [0.3, 0.4) is 0 Å². The average Bonchev–Trinajstić information content (AvgIpc) is 2.93. The van der Waals surface area contributed by atoms with Crippen molar-refractivity contribution in [3.8, 4) is 0 Å². The minimum absolute atomic E-state index is 0.165. The maximum atomic E-state index is 12.0. The van der Waals surface area contributed by atoms with Gasteiger partial charge in [-0.3, -0.25) is 9.59 Å². The smallest absolute Gasteiger partial charge is 0.347 e. The van der Waals surface area contributed by atoms with Crippen molar-refractivity contribution < 1.29 is 22.8 Å². The van der Waals surface area contributed by atoms with E-state index in [1.54, 1.807) is 41.0 Å². The fraction of sp³-hybridized carbons (Fsp3) is 0.200. The number of halogens is 4. The number of alkyl halides is 3. The molecule has 0 unspecified atom stereocenters. The number of nitrogens with one attached hydrogen (secondary N) is 2. The lowest BCUT2D eigenvalue weighted by Crippen LogP contribution is -2.34. The second-order valence-electron chi connectivity index (χ2n) is 4.85. The third-order valence-electron chi connectivity index (χ3n) is 2.85. The Morgan fingerprint density at radius 1 is 1.17 bits per heavy atom. The summed E-state index contributed by atoms with van der Waals surface area (Å²) in [5.41, 5.74) is 1.08. The number of hydrogen-bond acceptors (Lipinski definition) is 3. The van der Waals surface area contributed by atoms with Crippen molar-refractivity contribution in [1.29, 1.82) is 0 Å². The van der Waals surface area contributed by atoms with Gasteiger partial charge >= 0.3 is 6.18 Å². The molecule has 2 amide bonds. The van der Waals surface area contributed by atoms with Crippen LogP contribution < -0.4 is 10.6 Å². The molecule has 1 aromatic carbocycles. The SMILES string of the molecule is O=C(Cc1ccc(NC(=O)c2cc(Br)cs2)cc1)NCC(F)(F)F. The molecule has 0 aliphatic rings. The Kier molecular flexibility index (Phi) is 6.00. The van der Waals surface area contributed by atoms with Gasteiger partial charge in [0.1, 0.15) is 6.54 Å². The van der Waals surface area contributed by atoms with E-state index in [2.05, 4.69) is 21.2 Å². The van der Waals surface area contributed by atoms with Crippen LogP contribution in [0, 0.1) is 0 Å². The van der Waals surface area contributed by atoms with E-state index in [-0.39, 0.29) is 12.3 Å². The number of thiophene rings is 1. The standard InChI is InChI=1S/C15H12BrF3N2O2S/c16-10-6-12(24-7-10)14(23)21-11-3-1-9(2-4-11)5-13(22)20-8-15(17,18)19/h1-4,6-7H,5,8H2,(H,20,22)(H,21,23). The molecule has 0 saturated heterocycles. The van der Waals surface area contributed by atoms with E-state index in [1.807, 2.05) is 0 Å². The molecule has 0 aliphatic carbocycles. The maximum absolute atomic E-state index is 12.0. The molecule has 2 rings (SSSR count). The summed E-state index contributed by atoms with van der Waals surface area (Å²) in [6.45, 7) is -1.35. The first-order valence-corrected chi connectivity index (χ1v) is 8.38. The molecule has 1 heterocycles. The van der Waals surface area contributed by atoms with Crippen LogP contribution in [0.25, 0.3) is 0 Å². The Bertz CT molecular complexity index is 729. The van der Waals surface area contributed by atoms with E-state index in [4.69, 9.17) is 0 Å². The predicted molar refractivity (Wildman–Crippen MR) is 89.2 cm³/mol. The molecule has 0 aliphatic heterocycles. The number of hydrogen-bond donors (Lipinski definition) is 2. The summed E-state index contributed by atoms with van der Waals surface area (Å²) >= 11 is 4.56. The summed E-state index contributed by atoms with van der Waals surface area (Å²) in [4.78, 5) is 23.9. The zero-order valence-corrected chi connectivity index (χ0v) is 14.5. The van der Waals surface area contributed by atoms with Crippen LogP contribution in [-0.4, -0.2) is 24.5 Å². The number of anilines is 1. The van der Waals surface area contributed by atoms with Crippen molar-refractivity contribution in [2.24, 2.45) is 0 Å². The van der Waals surface area contributed by atoms with E-state index in [9.17, 15) is 22.8 Å². The third kappa shape index (κ3) is 5.97. The largest absolute Gasteiger partial charge is 0.405 e. The number of benzene rings is 1. The van der Waals surface area contributed by atoms with Crippen molar-refractivity contribution in [2.75, 3.05) is 11.9 Å². The van der Waals surface area contributed by atoms with Crippen molar-refractivity contribution in [2.45, 2.75) is 12.6 Å². The summed E-state index contributed by atoms with van der Waals surface area (Å²) in [7, 11) is 0.